The van der Waals surface area contributed by atoms with Gasteiger partial charge in [-0.2, -0.15) is 0 Å². The molecule has 2 N–H and O–H groups in total. The molecular weight excluding hydrogens is 281 g/mol. The lowest BCUT2D eigenvalue weighted by molar-refractivity contribution is -0.121. The van der Waals surface area contributed by atoms with E-state index < -0.39 is 0 Å². The first kappa shape index (κ1) is 19.0. The van der Waals surface area contributed by atoms with Crippen LogP contribution >= 0.6 is 36.2 Å². The second-order valence-corrected chi connectivity index (χ2v) is 4.40. The molecule has 17 heavy (non-hydrogen) atoms. The van der Waals surface area contributed by atoms with Gasteiger partial charge in [-0.25, -0.2) is 4.98 Å². The van der Waals surface area contributed by atoms with E-state index in [2.05, 4.69) is 15.6 Å². The molecule has 1 heterocycles. The lowest BCUT2D eigenvalue weighted by Gasteiger charge is -2.10. The van der Waals surface area contributed by atoms with E-state index in [1.165, 1.54) is 0 Å². The number of rotatable bonds is 6. The zero-order valence-electron chi connectivity index (χ0n) is 9.93. The third-order valence-electron chi connectivity index (χ3n) is 2.15. The molecule has 0 saturated carbocycles. The van der Waals surface area contributed by atoms with Crippen molar-refractivity contribution in [2.45, 2.75) is 25.8 Å². The Morgan fingerprint density at radius 1 is 1.53 bits per heavy atom. The van der Waals surface area contributed by atoms with Crippen LogP contribution in [0.2, 0.25) is 0 Å². The van der Waals surface area contributed by atoms with Crippen molar-refractivity contribution in [3.05, 3.63) is 16.6 Å². The van der Waals surface area contributed by atoms with Crippen LogP contribution in [0.3, 0.4) is 0 Å². The average molecular weight is 300 g/mol. The van der Waals surface area contributed by atoms with E-state index >= 15 is 0 Å². The smallest absolute Gasteiger partial charge is 0.220 e. The molecule has 0 aliphatic rings. The Morgan fingerprint density at radius 3 is 2.76 bits per heavy atom. The lowest BCUT2D eigenvalue weighted by atomic mass is 10.3. The van der Waals surface area contributed by atoms with Gasteiger partial charge in [0.05, 0.1) is 5.01 Å². The van der Waals surface area contributed by atoms with Crippen LogP contribution in [0.5, 0.6) is 0 Å². The van der Waals surface area contributed by atoms with Gasteiger partial charge < -0.3 is 10.6 Å². The van der Waals surface area contributed by atoms with Crippen LogP contribution in [0.1, 0.15) is 18.4 Å². The molecule has 0 aliphatic carbocycles. The summed E-state index contributed by atoms with van der Waals surface area (Å²) in [5.41, 5.74) is 0. The highest BCUT2D eigenvalue weighted by Crippen LogP contribution is 2.06. The molecule has 1 aromatic rings. The van der Waals surface area contributed by atoms with Crippen LogP contribution in [0.4, 0.5) is 0 Å². The van der Waals surface area contributed by atoms with E-state index in [0.717, 1.165) is 11.4 Å². The van der Waals surface area contributed by atoms with E-state index in [0.29, 0.717) is 19.0 Å². The molecule has 0 fully saturated rings. The molecule has 0 saturated heterocycles. The number of carbonyl (C=O) groups is 1. The predicted molar refractivity (Wildman–Crippen MR) is 76.5 cm³/mol. The van der Waals surface area contributed by atoms with Crippen molar-refractivity contribution in [2.24, 2.45) is 0 Å². The van der Waals surface area contributed by atoms with Crippen molar-refractivity contribution < 1.29 is 4.79 Å². The summed E-state index contributed by atoms with van der Waals surface area (Å²) < 4.78 is 0. The lowest BCUT2D eigenvalue weighted by Crippen LogP contribution is -2.37. The Morgan fingerprint density at radius 2 is 2.24 bits per heavy atom. The Labute approximate surface area is 118 Å². The van der Waals surface area contributed by atoms with Crippen LogP contribution in [0.25, 0.3) is 0 Å². The zero-order valence-corrected chi connectivity index (χ0v) is 12.4. The number of amides is 1. The number of hydrogen-bond acceptors (Lipinski definition) is 4. The summed E-state index contributed by atoms with van der Waals surface area (Å²) in [5.74, 6) is 0.0901. The van der Waals surface area contributed by atoms with Crippen molar-refractivity contribution in [1.82, 2.24) is 15.6 Å². The van der Waals surface area contributed by atoms with Crippen molar-refractivity contribution in [1.29, 1.82) is 0 Å². The quantitative estimate of drug-likeness (QED) is 0.840. The summed E-state index contributed by atoms with van der Waals surface area (Å²) >= 11 is 1.59. The van der Waals surface area contributed by atoms with Crippen LogP contribution in [0, 0.1) is 0 Å². The van der Waals surface area contributed by atoms with Gasteiger partial charge in [-0.1, -0.05) is 0 Å². The predicted octanol–water partition coefficient (Wildman–Crippen LogP) is 1.64. The number of thiazole rings is 1. The fourth-order valence-corrected chi connectivity index (χ4v) is 1.67. The minimum Gasteiger partial charge on any atom is -0.355 e. The first-order valence-corrected chi connectivity index (χ1v) is 5.92. The molecule has 4 nitrogen and oxygen atoms in total. The number of halogens is 2. The number of nitrogens with one attached hydrogen (secondary N) is 2. The first-order chi connectivity index (χ1) is 7.22. The monoisotopic (exact) mass is 299 g/mol. The summed E-state index contributed by atoms with van der Waals surface area (Å²) in [7, 11) is 1.88. The Balaban J connectivity index is 0. The minimum absolute atomic E-state index is 0. The molecular formula is C10H19Cl2N3OS. The van der Waals surface area contributed by atoms with Gasteiger partial charge in [-0.05, 0) is 14.0 Å². The molecule has 0 radical (unpaired) electrons. The molecule has 0 bridgehead atoms. The molecule has 7 heteroatoms. The number of carbonyl (C=O) groups excluding carboxylic acids is 1. The average Bonchev–Trinajstić information content (AvgIpc) is 2.75. The SMILES string of the molecule is CNC(C)CNC(=O)CCc1nccs1.Cl.Cl. The Bertz CT molecular complexity index is 296. The van der Waals surface area contributed by atoms with Crippen molar-refractivity contribution in [3.63, 3.8) is 0 Å². The zero-order chi connectivity index (χ0) is 11.1. The van der Waals surface area contributed by atoms with E-state index in [9.17, 15) is 4.79 Å². The highest BCUT2D eigenvalue weighted by Gasteiger charge is 2.04. The number of aryl methyl sites for hydroxylation is 1. The molecule has 1 aromatic heterocycles. The van der Waals surface area contributed by atoms with Crippen molar-refractivity contribution in [3.8, 4) is 0 Å². The van der Waals surface area contributed by atoms with Crippen LogP contribution < -0.4 is 10.6 Å². The molecule has 0 spiro atoms. The number of hydrogen-bond donors (Lipinski definition) is 2. The van der Waals surface area contributed by atoms with E-state index in [1.54, 1.807) is 17.5 Å². The first-order valence-electron chi connectivity index (χ1n) is 5.04. The summed E-state index contributed by atoms with van der Waals surface area (Å²) in [6, 6.07) is 0.314. The maximum Gasteiger partial charge on any atom is 0.220 e. The van der Waals surface area contributed by atoms with Crippen LogP contribution in [0.15, 0.2) is 11.6 Å². The fraction of sp³-hybridized carbons (Fsp3) is 0.600. The highest BCUT2D eigenvalue weighted by atomic mass is 35.5. The summed E-state index contributed by atoms with van der Waals surface area (Å²) in [6.07, 6.45) is 3.02. The van der Waals surface area contributed by atoms with Crippen LogP contribution in [-0.4, -0.2) is 30.5 Å². The maximum atomic E-state index is 11.4. The molecule has 0 aromatic carbocycles. The summed E-state index contributed by atoms with van der Waals surface area (Å²) in [5, 5.41) is 8.88. The topological polar surface area (TPSA) is 54.0 Å². The highest BCUT2D eigenvalue weighted by molar-refractivity contribution is 7.09. The van der Waals surface area contributed by atoms with Crippen LogP contribution in [-0.2, 0) is 11.2 Å². The van der Waals surface area contributed by atoms with Gasteiger partial charge in [0.15, 0.2) is 0 Å². The molecule has 0 aliphatic heterocycles. The minimum atomic E-state index is 0. The normalized spacial score (nSPS) is 10.9. The molecule has 1 unspecified atom stereocenters. The standard InChI is InChI=1S/C10H17N3OS.2ClH/c1-8(11-2)7-13-9(14)3-4-10-12-5-6-15-10;;/h5-6,8,11H,3-4,7H2,1-2H3,(H,13,14);2*1H. The third-order valence-corrected chi connectivity index (χ3v) is 2.99. The Kier molecular flexibility index (Phi) is 12.0. The molecule has 1 atom stereocenters. The maximum absolute atomic E-state index is 11.4. The number of aromatic nitrogens is 1. The van der Waals surface area contributed by atoms with E-state index in [1.807, 2.05) is 19.4 Å². The molecule has 1 amide bonds. The molecule has 100 valence electrons. The van der Waals surface area contributed by atoms with E-state index in [4.69, 9.17) is 0 Å². The second-order valence-electron chi connectivity index (χ2n) is 3.42. The summed E-state index contributed by atoms with van der Waals surface area (Å²) in [6.45, 7) is 2.70. The fourth-order valence-electron chi connectivity index (χ4n) is 1.05. The summed E-state index contributed by atoms with van der Waals surface area (Å²) in [4.78, 5) is 15.5. The largest absolute Gasteiger partial charge is 0.355 e. The van der Waals surface area contributed by atoms with Gasteiger partial charge in [0.25, 0.3) is 0 Å². The van der Waals surface area contributed by atoms with Gasteiger partial charge in [-0.3, -0.25) is 4.79 Å². The van der Waals surface area contributed by atoms with Gasteiger partial charge >= 0.3 is 0 Å². The second kappa shape index (κ2) is 10.8. The molecule has 1 rings (SSSR count). The third kappa shape index (κ3) is 8.37. The van der Waals surface area contributed by atoms with Crippen molar-refractivity contribution in [2.75, 3.05) is 13.6 Å². The van der Waals surface area contributed by atoms with Crippen molar-refractivity contribution >= 4 is 42.1 Å². The van der Waals surface area contributed by atoms with Gasteiger partial charge in [-0.15, -0.1) is 36.2 Å². The number of nitrogens with zero attached hydrogens (tertiary/aromatic N) is 1. The van der Waals surface area contributed by atoms with E-state index in [-0.39, 0.29) is 30.7 Å². The number of likely N-dealkylation sites (N-methyl/N-ethyl adjacent to an activating group) is 1. The van der Waals surface area contributed by atoms with Gasteiger partial charge in [0, 0.05) is 37.0 Å². The Hall–Kier alpha value is -0.360. The van der Waals surface area contributed by atoms with Gasteiger partial charge in [0.1, 0.15) is 0 Å². The van der Waals surface area contributed by atoms with Gasteiger partial charge in [0.2, 0.25) is 5.91 Å².